The first kappa shape index (κ1) is 24.8. The van der Waals surface area contributed by atoms with E-state index < -0.39 is 5.82 Å². The minimum atomic E-state index is -0.430. The highest BCUT2D eigenvalue weighted by molar-refractivity contribution is 6.30. The molecule has 1 heterocycles. The first-order valence-electron chi connectivity index (χ1n) is 11.5. The fourth-order valence-electron chi connectivity index (χ4n) is 4.11. The number of hydrogen-bond donors (Lipinski definition) is 0. The van der Waals surface area contributed by atoms with Crippen molar-refractivity contribution in [3.05, 3.63) is 106 Å². The van der Waals surface area contributed by atoms with Crippen molar-refractivity contribution in [3.63, 3.8) is 0 Å². The molecule has 182 valence electrons. The Morgan fingerprint density at radius 2 is 1.51 bits per heavy atom. The second kappa shape index (κ2) is 11.4. The zero-order chi connectivity index (χ0) is 24.8. The van der Waals surface area contributed by atoms with Crippen LogP contribution in [-0.4, -0.2) is 65.8 Å². The Bertz CT molecular complexity index is 1180. The van der Waals surface area contributed by atoms with Gasteiger partial charge in [0.25, 0.3) is 11.8 Å². The van der Waals surface area contributed by atoms with Crippen LogP contribution in [0.5, 0.6) is 0 Å². The van der Waals surface area contributed by atoms with Gasteiger partial charge in [-0.1, -0.05) is 35.9 Å². The third-order valence-corrected chi connectivity index (χ3v) is 6.30. The van der Waals surface area contributed by atoms with Gasteiger partial charge in [0.1, 0.15) is 11.6 Å². The van der Waals surface area contributed by atoms with Crippen molar-refractivity contribution in [1.82, 2.24) is 14.7 Å². The molecular formula is C27H26ClF2N3O2. The molecule has 0 spiro atoms. The van der Waals surface area contributed by atoms with Gasteiger partial charge in [-0.3, -0.25) is 14.5 Å². The van der Waals surface area contributed by atoms with Gasteiger partial charge in [0.2, 0.25) is 0 Å². The fourth-order valence-corrected chi connectivity index (χ4v) is 4.30. The number of hydrogen-bond acceptors (Lipinski definition) is 3. The maximum absolute atomic E-state index is 13.5. The van der Waals surface area contributed by atoms with Crippen LogP contribution in [0.1, 0.15) is 26.3 Å². The summed E-state index contributed by atoms with van der Waals surface area (Å²) in [7, 11) is 0. The van der Waals surface area contributed by atoms with Crippen LogP contribution in [0.2, 0.25) is 5.02 Å². The van der Waals surface area contributed by atoms with Gasteiger partial charge in [-0.15, -0.1) is 0 Å². The number of carbonyl (C=O) groups is 2. The predicted octanol–water partition coefficient (Wildman–Crippen LogP) is 4.72. The van der Waals surface area contributed by atoms with Crippen LogP contribution < -0.4 is 0 Å². The Kier molecular flexibility index (Phi) is 8.10. The molecule has 3 aromatic rings. The number of nitrogens with zero attached hydrogens (tertiary/aromatic N) is 3. The van der Waals surface area contributed by atoms with E-state index in [4.69, 9.17) is 11.6 Å². The van der Waals surface area contributed by atoms with Crippen molar-refractivity contribution >= 4 is 23.4 Å². The van der Waals surface area contributed by atoms with E-state index in [0.717, 1.165) is 5.56 Å². The lowest BCUT2D eigenvalue weighted by molar-refractivity contribution is 0.0598. The average Bonchev–Trinajstić information content (AvgIpc) is 2.87. The third kappa shape index (κ3) is 6.65. The van der Waals surface area contributed by atoms with Gasteiger partial charge in [-0.05, 0) is 54.1 Å². The van der Waals surface area contributed by atoms with Gasteiger partial charge in [-0.25, -0.2) is 8.78 Å². The Morgan fingerprint density at radius 1 is 0.829 bits per heavy atom. The van der Waals surface area contributed by atoms with Crippen LogP contribution in [0.25, 0.3) is 0 Å². The molecular weight excluding hydrogens is 472 g/mol. The Morgan fingerprint density at radius 3 is 2.20 bits per heavy atom. The van der Waals surface area contributed by atoms with Crippen molar-refractivity contribution in [2.45, 2.75) is 6.54 Å². The molecule has 0 aromatic heterocycles. The molecule has 0 aliphatic carbocycles. The van der Waals surface area contributed by atoms with E-state index in [1.54, 1.807) is 52.3 Å². The van der Waals surface area contributed by atoms with Gasteiger partial charge in [-0.2, -0.15) is 0 Å². The smallest absolute Gasteiger partial charge is 0.254 e. The topological polar surface area (TPSA) is 43.9 Å². The number of benzene rings is 3. The lowest BCUT2D eigenvalue weighted by Crippen LogP contribution is -2.50. The predicted molar refractivity (Wildman–Crippen MR) is 131 cm³/mol. The van der Waals surface area contributed by atoms with Crippen molar-refractivity contribution in [3.8, 4) is 0 Å². The molecule has 0 saturated carbocycles. The van der Waals surface area contributed by atoms with Gasteiger partial charge in [0.15, 0.2) is 0 Å². The van der Waals surface area contributed by atoms with Crippen molar-refractivity contribution < 1.29 is 18.4 Å². The summed E-state index contributed by atoms with van der Waals surface area (Å²) in [5.41, 5.74) is 1.66. The number of rotatable bonds is 7. The van der Waals surface area contributed by atoms with E-state index in [0.29, 0.717) is 62.0 Å². The molecule has 5 nitrogen and oxygen atoms in total. The lowest BCUT2D eigenvalue weighted by atomic mass is 10.1. The molecule has 3 aromatic carbocycles. The number of carbonyl (C=O) groups excluding carboxylic acids is 2. The summed E-state index contributed by atoms with van der Waals surface area (Å²) in [6.45, 7) is 3.76. The normalized spacial score (nSPS) is 14.1. The highest BCUT2D eigenvalue weighted by Crippen LogP contribution is 2.16. The standard InChI is InChI=1S/C27H26ClF2N3O2/c28-23-5-1-3-21(17-23)27(35)33(19-20-7-9-24(29)10-8-20)16-13-31-11-14-32(15-12-31)26(34)22-4-2-6-25(30)18-22/h1-10,17-18H,11-16,19H2. The molecule has 1 fully saturated rings. The Hall–Kier alpha value is -3.29. The SMILES string of the molecule is O=C(c1cccc(F)c1)N1CCN(CCN(Cc2ccc(F)cc2)C(=O)c2cccc(Cl)c2)CC1. The molecule has 0 unspecified atom stereocenters. The average molecular weight is 498 g/mol. The number of piperazine rings is 1. The Balaban J connectivity index is 1.38. The van der Waals surface area contributed by atoms with Crippen molar-refractivity contribution in [2.24, 2.45) is 0 Å². The second-order valence-electron chi connectivity index (χ2n) is 8.51. The number of halogens is 3. The molecule has 2 amide bonds. The van der Waals surface area contributed by atoms with Gasteiger partial charge in [0.05, 0.1) is 0 Å². The zero-order valence-corrected chi connectivity index (χ0v) is 19.9. The molecule has 0 radical (unpaired) electrons. The second-order valence-corrected chi connectivity index (χ2v) is 8.94. The summed E-state index contributed by atoms with van der Waals surface area (Å²) in [4.78, 5) is 31.6. The Labute approximate surface area is 208 Å². The van der Waals surface area contributed by atoms with E-state index >= 15 is 0 Å². The summed E-state index contributed by atoms with van der Waals surface area (Å²) in [6, 6.07) is 18.6. The summed E-state index contributed by atoms with van der Waals surface area (Å²) >= 11 is 6.09. The van der Waals surface area contributed by atoms with Gasteiger partial charge >= 0.3 is 0 Å². The minimum Gasteiger partial charge on any atom is -0.336 e. The molecule has 0 bridgehead atoms. The van der Waals surface area contributed by atoms with Crippen LogP contribution in [0, 0.1) is 11.6 Å². The molecule has 4 rings (SSSR count). The van der Waals surface area contributed by atoms with Crippen molar-refractivity contribution in [2.75, 3.05) is 39.3 Å². The molecule has 1 aliphatic rings. The van der Waals surface area contributed by atoms with E-state index in [2.05, 4.69) is 4.90 Å². The molecule has 1 saturated heterocycles. The van der Waals surface area contributed by atoms with Gasteiger partial charge in [0, 0.05) is 62.0 Å². The van der Waals surface area contributed by atoms with Gasteiger partial charge < -0.3 is 9.80 Å². The summed E-state index contributed by atoms with van der Waals surface area (Å²) < 4.78 is 26.8. The summed E-state index contributed by atoms with van der Waals surface area (Å²) in [6.07, 6.45) is 0. The lowest BCUT2D eigenvalue weighted by Gasteiger charge is -2.36. The third-order valence-electron chi connectivity index (χ3n) is 6.06. The van der Waals surface area contributed by atoms with Crippen LogP contribution in [0.4, 0.5) is 8.78 Å². The summed E-state index contributed by atoms with van der Waals surface area (Å²) in [5.74, 6) is -1.10. The highest BCUT2D eigenvalue weighted by Gasteiger charge is 2.24. The maximum atomic E-state index is 13.5. The van der Waals surface area contributed by atoms with E-state index in [-0.39, 0.29) is 17.6 Å². The largest absolute Gasteiger partial charge is 0.336 e. The van der Waals surface area contributed by atoms with Crippen molar-refractivity contribution in [1.29, 1.82) is 0 Å². The number of amides is 2. The van der Waals surface area contributed by atoms with E-state index in [1.807, 2.05) is 0 Å². The summed E-state index contributed by atoms with van der Waals surface area (Å²) in [5, 5.41) is 0.483. The van der Waals surface area contributed by atoms with Crippen LogP contribution in [-0.2, 0) is 6.54 Å². The first-order valence-corrected chi connectivity index (χ1v) is 11.8. The van der Waals surface area contributed by atoms with Crippen LogP contribution in [0.3, 0.4) is 0 Å². The van der Waals surface area contributed by atoms with Crippen LogP contribution in [0.15, 0.2) is 72.8 Å². The molecule has 35 heavy (non-hydrogen) atoms. The monoisotopic (exact) mass is 497 g/mol. The van der Waals surface area contributed by atoms with E-state index in [9.17, 15) is 18.4 Å². The molecule has 0 N–H and O–H groups in total. The zero-order valence-electron chi connectivity index (χ0n) is 19.2. The van der Waals surface area contributed by atoms with E-state index in [1.165, 1.54) is 30.3 Å². The first-order chi connectivity index (χ1) is 16.9. The van der Waals surface area contributed by atoms with Crippen LogP contribution >= 0.6 is 11.6 Å². The quantitative estimate of drug-likeness (QED) is 0.474. The molecule has 8 heteroatoms. The highest BCUT2D eigenvalue weighted by atomic mass is 35.5. The molecule has 1 aliphatic heterocycles. The fraction of sp³-hybridized carbons (Fsp3) is 0.259. The maximum Gasteiger partial charge on any atom is 0.254 e. The molecule has 0 atom stereocenters. The minimum absolute atomic E-state index is 0.156.